The SMILES string of the molecule is CCCCC1(CC)CSc2cc(C(=O)OC)c(SC)cc2N(c2ccccc2)C1. The number of methoxy groups -OCH3 is 1. The number of hydrogen-bond acceptors (Lipinski definition) is 5. The summed E-state index contributed by atoms with van der Waals surface area (Å²) in [7, 11) is 1.45. The van der Waals surface area contributed by atoms with Gasteiger partial charge in [0.2, 0.25) is 0 Å². The van der Waals surface area contributed by atoms with Gasteiger partial charge in [-0.15, -0.1) is 23.5 Å². The topological polar surface area (TPSA) is 29.5 Å². The third-order valence-electron chi connectivity index (χ3n) is 5.88. The number of ether oxygens (including phenoxy) is 1. The third kappa shape index (κ3) is 4.77. The number of para-hydroxylation sites is 1. The van der Waals surface area contributed by atoms with Gasteiger partial charge in [0.25, 0.3) is 0 Å². The van der Waals surface area contributed by atoms with Crippen molar-refractivity contribution in [3.05, 3.63) is 48.0 Å². The predicted octanol–water partition coefficient (Wildman–Crippen LogP) is 7.03. The van der Waals surface area contributed by atoms with Gasteiger partial charge in [-0.2, -0.15) is 0 Å². The second-order valence-corrected chi connectivity index (χ2v) is 9.54. The summed E-state index contributed by atoms with van der Waals surface area (Å²) < 4.78 is 5.05. The van der Waals surface area contributed by atoms with E-state index < -0.39 is 0 Å². The highest BCUT2D eigenvalue weighted by Crippen LogP contribution is 2.48. The van der Waals surface area contributed by atoms with Gasteiger partial charge in [-0.1, -0.05) is 44.9 Å². The van der Waals surface area contributed by atoms with Gasteiger partial charge in [-0.3, -0.25) is 0 Å². The quantitative estimate of drug-likeness (QED) is 0.348. The number of carbonyl (C=O) groups excluding carboxylic acids is 1. The molecule has 0 amide bonds. The first-order valence-corrected chi connectivity index (χ1v) is 12.5. The highest BCUT2D eigenvalue weighted by Gasteiger charge is 2.35. The molecule has 0 saturated carbocycles. The van der Waals surface area contributed by atoms with Crippen molar-refractivity contribution in [2.75, 3.05) is 30.6 Å². The first-order valence-electron chi connectivity index (χ1n) is 10.3. The molecule has 2 aromatic carbocycles. The van der Waals surface area contributed by atoms with Crippen LogP contribution in [0.5, 0.6) is 0 Å². The van der Waals surface area contributed by atoms with E-state index in [1.807, 2.05) is 24.1 Å². The van der Waals surface area contributed by atoms with Crippen molar-refractivity contribution < 1.29 is 9.53 Å². The Kier molecular flexibility index (Phi) is 7.58. The minimum absolute atomic E-state index is 0.250. The van der Waals surface area contributed by atoms with Gasteiger partial charge in [0.15, 0.2) is 0 Å². The van der Waals surface area contributed by atoms with Crippen LogP contribution in [0.15, 0.2) is 52.3 Å². The lowest BCUT2D eigenvalue weighted by Crippen LogP contribution is -2.36. The maximum absolute atomic E-state index is 12.4. The molecule has 1 heterocycles. The number of carbonyl (C=O) groups is 1. The second kappa shape index (κ2) is 9.94. The number of anilines is 2. The Balaban J connectivity index is 2.14. The fourth-order valence-electron chi connectivity index (χ4n) is 3.94. The van der Waals surface area contributed by atoms with E-state index in [0.717, 1.165) is 23.6 Å². The summed E-state index contributed by atoms with van der Waals surface area (Å²) in [6.45, 7) is 5.59. The number of unbranched alkanes of at least 4 members (excludes halogenated alkanes) is 1. The molecule has 156 valence electrons. The number of nitrogens with zero attached hydrogens (tertiary/aromatic N) is 1. The summed E-state index contributed by atoms with van der Waals surface area (Å²) in [5.41, 5.74) is 3.32. The summed E-state index contributed by atoms with van der Waals surface area (Å²) in [6.07, 6.45) is 6.85. The zero-order valence-electron chi connectivity index (χ0n) is 17.9. The molecule has 2 aromatic rings. The van der Waals surface area contributed by atoms with Crippen LogP contribution in [-0.2, 0) is 4.74 Å². The molecular formula is C24H31NO2S2. The number of rotatable bonds is 7. The molecule has 0 aliphatic carbocycles. The van der Waals surface area contributed by atoms with Crippen molar-refractivity contribution in [1.29, 1.82) is 0 Å². The second-order valence-electron chi connectivity index (χ2n) is 7.68. The van der Waals surface area contributed by atoms with Gasteiger partial charge in [-0.05, 0) is 48.8 Å². The van der Waals surface area contributed by atoms with E-state index in [0.29, 0.717) is 5.56 Å². The number of hydrogen-bond donors (Lipinski definition) is 0. The number of esters is 1. The standard InChI is InChI=1S/C24H31NO2S2/c1-5-7-13-24(6-2)16-25(18-11-9-8-10-12-18)20-15-21(28-4)19(23(26)27-3)14-22(20)29-17-24/h8-12,14-15H,5-7,13,16-17H2,1-4H3. The van der Waals surface area contributed by atoms with Crippen LogP contribution < -0.4 is 4.90 Å². The van der Waals surface area contributed by atoms with Crippen LogP contribution in [0.3, 0.4) is 0 Å². The molecule has 0 fully saturated rings. The van der Waals surface area contributed by atoms with E-state index in [1.165, 1.54) is 42.6 Å². The van der Waals surface area contributed by atoms with Gasteiger partial charge < -0.3 is 9.64 Å². The average molecular weight is 430 g/mol. The molecule has 1 aliphatic heterocycles. The average Bonchev–Trinajstić information content (AvgIpc) is 2.94. The highest BCUT2D eigenvalue weighted by molar-refractivity contribution is 7.99. The summed E-state index contributed by atoms with van der Waals surface area (Å²) in [6, 6.07) is 14.9. The molecule has 3 nitrogen and oxygen atoms in total. The lowest BCUT2D eigenvalue weighted by molar-refractivity contribution is 0.0596. The van der Waals surface area contributed by atoms with E-state index in [1.54, 1.807) is 11.8 Å². The summed E-state index contributed by atoms with van der Waals surface area (Å²) in [5, 5.41) is 0. The maximum atomic E-state index is 12.4. The Bertz CT molecular complexity index is 840. The minimum atomic E-state index is -0.263. The molecular weight excluding hydrogens is 398 g/mol. The van der Waals surface area contributed by atoms with E-state index >= 15 is 0 Å². The van der Waals surface area contributed by atoms with Gasteiger partial charge in [0.1, 0.15) is 0 Å². The Morgan fingerprint density at radius 3 is 2.62 bits per heavy atom. The van der Waals surface area contributed by atoms with Crippen molar-refractivity contribution >= 4 is 40.9 Å². The molecule has 29 heavy (non-hydrogen) atoms. The molecule has 0 bridgehead atoms. The number of benzene rings is 2. The predicted molar refractivity (Wildman–Crippen MR) is 126 cm³/mol. The van der Waals surface area contributed by atoms with Crippen molar-refractivity contribution in [1.82, 2.24) is 0 Å². The lowest BCUT2D eigenvalue weighted by Gasteiger charge is -2.37. The zero-order chi connectivity index (χ0) is 20.9. The third-order valence-corrected chi connectivity index (χ3v) is 8.06. The molecule has 3 rings (SSSR count). The van der Waals surface area contributed by atoms with Crippen LogP contribution in [0, 0.1) is 5.41 Å². The smallest absolute Gasteiger partial charge is 0.339 e. The largest absolute Gasteiger partial charge is 0.465 e. The first kappa shape index (κ1) is 22.1. The van der Waals surface area contributed by atoms with Crippen LogP contribution in [-0.4, -0.2) is 31.6 Å². The number of thioether (sulfide) groups is 2. The highest BCUT2D eigenvalue weighted by atomic mass is 32.2. The van der Waals surface area contributed by atoms with Gasteiger partial charge in [-0.25, -0.2) is 4.79 Å². The van der Waals surface area contributed by atoms with Crippen molar-refractivity contribution in [3.8, 4) is 0 Å². The van der Waals surface area contributed by atoms with E-state index in [4.69, 9.17) is 4.74 Å². The maximum Gasteiger partial charge on any atom is 0.339 e. The van der Waals surface area contributed by atoms with Crippen LogP contribution in [0.25, 0.3) is 0 Å². The monoisotopic (exact) mass is 429 g/mol. The fraction of sp³-hybridized carbons (Fsp3) is 0.458. The molecule has 0 saturated heterocycles. The summed E-state index contributed by atoms with van der Waals surface area (Å²) in [4.78, 5) is 17.0. The Hall–Kier alpha value is -1.59. The van der Waals surface area contributed by atoms with E-state index in [9.17, 15) is 4.79 Å². The van der Waals surface area contributed by atoms with Crippen molar-refractivity contribution in [3.63, 3.8) is 0 Å². The molecule has 1 unspecified atom stereocenters. The van der Waals surface area contributed by atoms with Crippen LogP contribution in [0.2, 0.25) is 0 Å². The van der Waals surface area contributed by atoms with Gasteiger partial charge in [0.05, 0.1) is 18.4 Å². The molecule has 0 N–H and O–H groups in total. The van der Waals surface area contributed by atoms with Crippen LogP contribution in [0.1, 0.15) is 49.9 Å². The minimum Gasteiger partial charge on any atom is -0.465 e. The van der Waals surface area contributed by atoms with Crippen molar-refractivity contribution in [2.24, 2.45) is 5.41 Å². The fourth-order valence-corrected chi connectivity index (χ4v) is 5.95. The first-order chi connectivity index (χ1) is 14.1. The molecule has 5 heteroatoms. The van der Waals surface area contributed by atoms with Gasteiger partial charge in [0, 0.05) is 27.8 Å². The van der Waals surface area contributed by atoms with Crippen molar-refractivity contribution in [2.45, 2.75) is 49.3 Å². The Morgan fingerprint density at radius 2 is 2.00 bits per heavy atom. The van der Waals surface area contributed by atoms with E-state index in [2.05, 4.69) is 55.1 Å². The Labute approximate surface area is 183 Å². The van der Waals surface area contributed by atoms with E-state index in [-0.39, 0.29) is 11.4 Å². The van der Waals surface area contributed by atoms with Crippen LogP contribution in [0.4, 0.5) is 11.4 Å². The number of fused-ring (bicyclic) bond motifs is 1. The lowest BCUT2D eigenvalue weighted by atomic mass is 9.81. The summed E-state index contributed by atoms with van der Waals surface area (Å²) >= 11 is 3.49. The molecule has 0 radical (unpaired) electrons. The Morgan fingerprint density at radius 1 is 1.24 bits per heavy atom. The zero-order valence-corrected chi connectivity index (χ0v) is 19.5. The molecule has 0 spiro atoms. The van der Waals surface area contributed by atoms with Crippen LogP contribution >= 0.6 is 23.5 Å². The summed E-state index contributed by atoms with van der Waals surface area (Å²) in [5.74, 6) is 0.806. The molecule has 1 aliphatic rings. The van der Waals surface area contributed by atoms with Gasteiger partial charge >= 0.3 is 5.97 Å². The molecule has 1 atom stereocenters. The normalized spacial score (nSPS) is 18.8. The molecule has 0 aromatic heterocycles.